The maximum absolute atomic E-state index is 5.57. The van der Waals surface area contributed by atoms with Gasteiger partial charge in [-0.05, 0) is 24.1 Å². The number of ether oxygens (including phenoxy) is 1. The van der Waals surface area contributed by atoms with Crippen molar-refractivity contribution in [3.8, 4) is 28.7 Å². The van der Waals surface area contributed by atoms with Crippen LogP contribution in [0.15, 0.2) is 42.9 Å². The highest BCUT2D eigenvalue weighted by molar-refractivity contribution is 5.60. The van der Waals surface area contributed by atoms with Crippen LogP contribution in [0.25, 0.3) is 22.8 Å². The molecule has 6 nitrogen and oxygen atoms in total. The molecule has 0 bridgehead atoms. The monoisotopic (exact) mass is 295 g/mol. The molecule has 0 saturated carbocycles. The summed E-state index contributed by atoms with van der Waals surface area (Å²) in [4.78, 5) is 12.8. The normalized spacial score (nSPS) is 10.9. The Morgan fingerprint density at radius 3 is 2.59 bits per heavy atom. The zero-order chi connectivity index (χ0) is 15.4. The maximum atomic E-state index is 5.57. The number of hydrogen-bond donors (Lipinski definition) is 1. The minimum Gasteiger partial charge on any atom is -0.477 e. The second-order valence-corrected chi connectivity index (χ2v) is 5.33. The number of aromatic amines is 1. The molecule has 1 N–H and O–H groups in total. The lowest BCUT2D eigenvalue weighted by Gasteiger charge is -2.07. The van der Waals surface area contributed by atoms with E-state index in [1.165, 1.54) is 0 Å². The van der Waals surface area contributed by atoms with Gasteiger partial charge in [-0.3, -0.25) is 10.1 Å². The Balaban J connectivity index is 1.76. The lowest BCUT2D eigenvalue weighted by atomic mass is 10.2. The van der Waals surface area contributed by atoms with Crippen molar-refractivity contribution < 1.29 is 4.74 Å². The zero-order valence-corrected chi connectivity index (χ0v) is 12.5. The Labute approximate surface area is 128 Å². The molecule has 0 aliphatic carbocycles. The molecule has 0 radical (unpaired) electrons. The SMILES string of the molecule is CC(C)COc1ccc(-c2n[nH]c(-c3ccncc3)n2)cn1. The summed E-state index contributed by atoms with van der Waals surface area (Å²) in [5.41, 5.74) is 1.78. The van der Waals surface area contributed by atoms with Crippen LogP contribution in [0, 0.1) is 5.92 Å². The molecule has 3 rings (SSSR count). The molecular weight excluding hydrogens is 278 g/mol. The fourth-order valence-corrected chi connectivity index (χ4v) is 1.88. The Bertz CT molecular complexity index is 722. The van der Waals surface area contributed by atoms with Gasteiger partial charge >= 0.3 is 0 Å². The number of rotatable bonds is 5. The number of H-pyrrole nitrogens is 1. The summed E-state index contributed by atoms with van der Waals surface area (Å²) in [7, 11) is 0. The van der Waals surface area contributed by atoms with Gasteiger partial charge in [0.05, 0.1) is 6.61 Å². The van der Waals surface area contributed by atoms with Gasteiger partial charge in [0.15, 0.2) is 11.6 Å². The predicted octanol–water partition coefficient (Wildman–Crippen LogP) is 2.96. The minimum absolute atomic E-state index is 0.470. The van der Waals surface area contributed by atoms with E-state index in [0.29, 0.717) is 30.1 Å². The fourth-order valence-electron chi connectivity index (χ4n) is 1.88. The van der Waals surface area contributed by atoms with E-state index in [1.807, 2.05) is 24.3 Å². The standard InChI is InChI=1S/C16H17N5O/c1-11(2)10-22-14-4-3-13(9-18-14)16-19-15(20-21-16)12-5-7-17-8-6-12/h3-9,11H,10H2,1-2H3,(H,19,20,21). The largest absolute Gasteiger partial charge is 0.477 e. The van der Waals surface area contributed by atoms with Crippen molar-refractivity contribution in [1.29, 1.82) is 0 Å². The highest BCUT2D eigenvalue weighted by atomic mass is 16.5. The van der Waals surface area contributed by atoms with Gasteiger partial charge in [0.25, 0.3) is 0 Å². The molecule has 0 atom stereocenters. The molecule has 0 saturated heterocycles. The Morgan fingerprint density at radius 1 is 1.09 bits per heavy atom. The van der Waals surface area contributed by atoms with Crippen LogP contribution in [-0.4, -0.2) is 31.8 Å². The van der Waals surface area contributed by atoms with Crippen LogP contribution >= 0.6 is 0 Å². The predicted molar refractivity (Wildman–Crippen MR) is 83.2 cm³/mol. The van der Waals surface area contributed by atoms with Crippen LogP contribution < -0.4 is 4.74 Å². The first-order chi connectivity index (χ1) is 10.7. The minimum atomic E-state index is 0.470. The van der Waals surface area contributed by atoms with E-state index in [2.05, 4.69) is 39.0 Å². The van der Waals surface area contributed by atoms with E-state index in [1.54, 1.807) is 18.6 Å². The van der Waals surface area contributed by atoms with Crippen molar-refractivity contribution in [2.24, 2.45) is 5.92 Å². The van der Waals surface area contributed by atoms with Crippen LogP contribution in [0.4, 0.5) is 0 Å². The Kier molecular flexibility index (Phi) is 4.09. The summed E-state index contributed by atoms with van der Waals surface area (Å²) in [6.07, 6.45) is 5.16. The summed E-state index contributed by atoms with van der Waals surface area (Å²) in [6.45, 7) is 4.85. The quantitative estimate of drug-likeness (QED) is 0.783. The molecule has 3 heterocycles. The third-order valence-electron chi connectivity index (χ3n) is 3.00. The van der Waals surface area contributed by atoms with Crippen LogP contribution in [0.2, 0.25) is 0 Å². The number of hydrogen-bond acceptors (Lipinski definition) is 5. The van der Waals surface area contributed by atoms with Crippen LogP contribution in [0.1, 0.15) is 13.8 Å². The van der Waals surface area contributed by atoms with Crippen LogP contribution in [0.3, 0.4) is 0 Å². The summed E-state index contributed by atoms with van der Waals surface area (Å²) >= 11 is 0. The molecule has 0 spiro atoms. The van der Waals surface area contributed by atoms with Gasteiger partial charge in [-0.1, -0.05) is 13.8 Å². The second kappa shape index (κ2) is 6.34. The third kappa shape index (κ3) is 3.28. The van der Waals surface area contributed by atoms with E-state index in [4.69, 9.17) is 4.74 Å². The molecule has 22 heavy (non-hydrogen) atoms. The highest BCUT2D eigenvalue weighted by Crippen LogP contribution is 2.20. The summed E-state index contributed by atoms with van der Waals surface area (Å²) < 4.78 is 5.57. The van der Waals surface area contributed by atoms with Gasteiger partial charge in [0.2, 0.25) is 5.88 Å². The van der Waals surface area contributed by atoms with Crippen molar-refractivity contribution in [1.82, 2.24) is 25.1 Å². The van der Waals surface area contributed by atoms with E-state index >= 15 is 0 Å². The first kappa shape index (κ1) is 14.2. The highest BCUT2D eigenvalue weighted by Gasteiger charge is 2.08. The van der Waals surface area contributed by atoms with E-state index in [-0.39, 0.29) is 0 Å². The van der Waals surface area contributed by atoms with Gasteiger partial charge < -0.3 is 4.74 Å². The van der Waals surface area contributed by atoms with Crippen molar-refractivity contribution >= 4 is 0 Å². The summed E-state index contributed by atoms with van der Waals surface area (Å²) in [5, 5.41) is 7.16. The van der Waals surface area contributed by atoms with E-state index in [9.17, 15) is 0 Å². The van der Waals surface area contributed by atoms with Gasteiger partial charge in [-0.2, -0.15) is 5.10 Å². The average Bonchev–Trinajstić information content (AvgIpc) is 3.04. The molecular formula is C16H17N5O. The molecule has 0 unspecified atom stereocenters. The van der Waals surface area contributed by atoms with Gasteiger partial charge in [-0.15, -0.1) is 0 Å². The fraction of sp³-hybridized carbons (Fsp3) is 0.250. The molecule has 6 heteroatoms. The molecule has 0 aliphatic heterocycles. The van der Waals surface area contributed by atoms with Gasteiger partial charge in [0.1, 0.15) is 0 Å². The smallest absolute Gasteiger partial charge is 0.213 e. The van der Waals surface area contributed by atoms with Crippen molar-refractivity contribution in [2.75, 3.05) is 6.61 Å². The number of nitrogens with zero attached hydrogens (tertiary/aromatic N) is 4. The van der Waals surface area contributed by atoms with E-state index in [0.717, 1.165) is 11.1 Å². The molecule has 0 aromatic carbocycles. The van der Waals surface area contributed by atoms with Crippen molar-refractivity contribution in [2.45, 2.75) is 13.8 Å². The lowest BCUT2D eigenvalue weighted by Crippen LogP contribution is -2.05. The first-order valence-corrected chi connectivity index (χ1v) is 7.14. The molecule has 3 aromatic rings. The first-order valence-electron chi connectivity index (χ1n) is 7.14. The van der Waals surface area contributed by atoms with Crippen LogP contribution in [0.5, 0.6) is 5.88 Å². The van der Waals surface area contributed by atoms with E-state index < -0.39 is 0 Å². The summed E-state index contributed by atoms with van der Waals surface area (Å²) in [6, 6.07) is 7.50. The van der Waals surface area contributed by atoms with Crippen LogP contribution in [-0.2, 0) is 0 Å². The van der Waals surface area contributed by atoms with Gasteiger partial charge in [-0.25, -0.2) is 9.97 Å². The molecule has 112 valence electrons. The number of nitrogens with one attached hydrogen (secondary N) is 1. The average molecular weight is 295 g/mol. The Hall–Kier alpha value is -2.76. The lowest BCUT2D eigenvalue weighted by molar-refractivity contribution is 0.261. The molecule has 3 aromatic heterocycles. The summed E-state index contributed by atoms with van der Waals surface area (Å²) in [5.74, 6) is 2.40. The number of aromatic nitrogens is 5. The topological polar surface area (TPSA) is 76.6 Å². The third-order valence-corrected chi connectivity index (χ3v) is 3.00. The van der Waals surface area contributed by atoms with Gasteiger partial charge in [0, 0.05) is 35.8 Å². The second-order valence-electron chi connectivity index (χ2n) is 5.33. The maximum Gasteiger partial charge on any atom is 0.213 e. The Morgan fingerprint density at radius 2 is 1.91 bits per heavy atom. The molecule has 0 amide bonds. The van der Waals surface area contributed by atoms with Crippen molar-refractivity contribution in [3.05, 3.63) is 42.9 Å². The number of pyridine rings is 2. The molecule has 0 aliphatic rings. The zero-order valence-electron chi connectivity index (χ0n) is 12.5. The molecule has 0 fully saturated rings. The van der Waals surface area contributed by atoms with Crippen molar-refractivity contribution in [3.63, 3.8) is 0 Å².